The molecule has 0 spiro atoms. The van der Waals surface area contributed by atoms with Crippen molar-refractivity contribution >= 4 is 0 Å². The molecule has 1 aromatic carbocycles. The Balaban J connectivity index is 1.87. The monoisotopic (exact) mass is 248 g/mol. The van der Waals surface area contributed by atoms with E-state index in [1.807, 2.05) is 24.3 Å². The van der Waals surface area contributed by atoms with E-state index in [-0.39, 0.29) is 6.10 Å². The molecule has 0 amide bonds. The van der Waals surface area contributed by atoms with Crippen LogP contribution < -0.4 is 4.74 Å². The van der Waals surface area contributed by atoms with Crippen molar-refractivity contribution < 1.29 is 9.84 Å². The van der Waals surface area contributed by atoms with Crippen LogP contribution >= 0.6 is 0 Å². The quantitative estimate of drug-likeness (QED) is 0.821. The van der Waals surface area contributed by atoms with Crippen LogP contribution in [-0.4, -0.2) is 11.7 Å². The Kier molecular flexibility index (Phi) is 5.06. The Hall–Kier alpha value is -1.02. The first kappa shape index (κ1) is 13.4. The molecule has 1 fully saturated rings. The molecular weight excluding hydrogens is 224 g/mol. The number of hydrogen-bond donors (Lipinski definition) is 1. The number of benzene rings is 1. The molecule has 2 nitrogen and oxygen atoms in total. The van der Waals surface area contributed by atoms with Crippen molar-refractivity contribution in [1.82, 2.24) is 0 Å². The number of rotatable bonds is 6. The fourth-order valence-electron chi connectivity index (χ4n) is 2.70. The summed E-state index contributed by atoms with van der Waals surface area (Å²) >= 11 is 0. The molecule has 1 aromatic rings. The van der Waals surface area contributed by atoms with Crippen molar-refractivity contribution in [3.8, 4) is 5.75 Å². The summed E-state index contributed by atoms with van der Waals surface area (Å²) in [6, 6.07) is 7.90. The van der Waals surface area contributed by atoms with Gasteiger partial charge in [0.15, 0.2) is 0 Å². The molecule has 0 heterocycles. The highest BCUT2D eigenvalue weighted by Crippen LogP contribution is 2.33. The molecule has 0 radical (unpaired) electrons. The molecule has 1 unspecified atom stereocenters. The molecule has 100 valence electrons. The van der Waals surface area contributed by atoms with Crippen molar-refractivity contribution in [3.63, 3.8) is 0 Å². The second-order valence-corrected chi connectivity index (χ2v) is 5.32. The summed E-state index contributed by atoms with van der Waals surface area (Å²) in [4.78, 5) is 0. The van der Waals surface area contributed by atoms with E-state index in [0.717, 1.165) is 36.7 Å². The van der Waals surface area contributed by atoms with Crippen LogP contribution in [0.2, 0.25) is 0 Å². The van der Waals surface area contributed by atoms with Crippen LogP contribution in [0.15, 0.2) is 24.3 Å². The molecule has 1 aliphatic carbocycles. The first-order valence-corrected chi connectivity index (χ1v) is 7.20. The lowest BCUT2D eigenvalue weighted by Crippen LogP contribution is -2.04. The molecule has 2 rings (SSSR count). The van der Waals surface area contributed by atoms with E-state index in [1.54, 1.807) is 0 Å². The zero-order valence-corrected chi connectivity index (χ0v) is 11.3. The third-order valence-corrected chi connectivity index (χ3v) is 3.77. The predicted octanol–water partition coefficient (Wildman–Crippen LogP) is 4.09. The highest BCUT2D eigenvalue weighted by molar-refractivity contribution is 5.28. The van der Waals surface area contributed by atoms with Gasteiger partial charge in [0.2, 0.25) is 0 Å². The number of aliphatic hydroxyl groups excluding tert-OH is 1. The summed E-state index contributed by atoms with van der Waals surface area (Å²) < 4.78 is 5.54. The lowest BCUT2D eigenvalue weighted by molar-refractivity contribution is 0.145. The SMILES string of the molecule is CCCOc1ccc(C(O)CC2CCCC2)cc1. The Labute approximate surface area is 110 Å². The molecule has 1 aliphatic rings. The topological polar surface area (TPSA) is 29.5 Å². The Morgan fingerprint density at radius 3 is 2.50 bits per heavy atom. The maximum atomic E-state index is 10.2. The van der Waals surface area contributed by atoms with E-state index < -0.39 is 0 Å². The molecule has 0 aromatic heterocycles. The van der Waals surface area contributed by atoms with Gasteiger partial charge >= 0.3 is 0 Å². The van der Waals surface area contributed by atoms with Gasteiger partial charge in [-0.25, -0.2) is 0 Å². The van der Waals surface area contributed by atoms with Crippen molar-refractivity contribution in [2.75, 3.05) is 6.61 Å². The lowest BCUT2D eigenvalue weighted by atomic mass is 9.96. The van der Waals surface area contributed by atoms with E-state index in [4.69, 9.17) is 4.74 Å². The minimum atomic E-state index is -0.312. The largest absolute Gasteiger partial charge is 0.494 e. The summed E-state index contributed by atoms with van der Waals surface area (Å²) in [5, 5.41) is 10.2. The van der Waals surface area contributed by atoms with Crippen LogP contribution in [0.25, 0.3) is 0 Å². The fraction of sp³-hybridized carbons (Fsp3) is 0.625. The molecule has 0 saturated heterocycles. The van der Waals surface area contributed by atoms with Crippen LogP contribution in [0, 0.1) is 5.92 Å². The number of aliphatic hydroxyl groups is 1. The first-order chi connectivity index (χ1) is 8.79. The van der Waals surface area contributed by atoms with E-state index in [1.165, 1.54) is 25.7 Å². The van der Waals surface area contributed by atoms with Gasteiger partial charge in [-0.15, -0.1) is 0 Å². The van der Waals surface area contributed by atoms with Gasteiger partial charge in [-0.2, -0.15) is 0 Å². The van der Waals surface area contributed by atoms with Crippen LogP contribution in [0.3, 0.4) is 0 Å². The van der Waals surface area contributed by atoms with E-state index in [2.05, 4.69) is 6.92 Å². The lowest BCUT2D eigenvalue weighted by Gasteiger charge is -2.16. The second kappa shape index (κ2) is 6.79. The van der Waals surface area contributed by atoms with Crippen molar-refractivity contribution in [2.45, 2.75) is 51.6 Å². The molecule has 0 aliphatic heterocycles. The summed E-state index contributed by atoms with van der Waals surface area (Å²) in [7, 11) is 0. The summed E-state index contributed by atoms with van der Waals surface area (Å²) in [5.74, 6) is 1.62. The van der Waals surface area contributed by atoms with Crippen LogP contribution in [-0.2, 0) is 0 Å². The average Bonchev–Trinajstić information content (AvgIpc) is 2.89. The van der Waals surface area contributed by atoms with Crippen molar-refractivity contribution in [2.24, 2.45) is 5.92 Å². The zero-order valence-electron chi connectivity index (χ0n) is 11.3. The van der Waals surface area contributed by atoms with E-state index in [9.17, 15) is 5.11 Å². The maximum Gasteiger partial charge on any atom is 0.119 e. The molecule has 18 heavy (non-hydrogen) atoms. The standard InChI is InChI=1S/C16H24O2/c1-2-11-18-15-9-7-14(8-10-15)16(17)12-13-5-3-4-6-13/h7-10,13,16-17H,2-6,11-12H2,1H3. The van der Waals surface area contributed by atoms with Crippen LogP contribution in [0.4, 0.5) is 0 Å². The Morgan fingerprint density at radius 1 is 1.22 bits per heavy atom. The molecular formula is C16H24O2. The van der Waals surface area contributed by atoms with Gasteiger partial charge in [0.05, 0.1) is 12.7 Å². The number of hydrogen-bond acceptors (Lipinski definition) is 2. The molecule has 0 bridgehead atoms. The Bertz CT molecular complexity index is 339. The smallest absolute Gasteiger partial charge is 0.119 e. The van der Waals surface area contributed by atoms with Gasteiger partial charge in [-0.05, 0) is 36.5 Å². The summed E-state index contributed by atoms with van der Waals surface area (Å²) in [5.41, 5.74) is 1.02. The summed E-state index contributed by atoms with van der Waals surface area (Å²) in [6.45, 7) is 2.85. The minimum Gasteiger partial charge on any atom is -0.494 e. The molecule has 1 saturated carbocycles. The third kappa shape index (κ3) is 3.74. The van der Waals surface area contributed by atoms with Gasteiger partial charge < -0.3 is 9.84 Å². The highest BCUT2D eigenvalue weighted by atomic mass is 16.5. The van der Waals surface area contributed by atoms with E-state index >= 15 is 0 Å². The summed E-state index contributed by atoms with van der Waals surface area (Å²) in [6.07, 6.45) is 6.86. The maximum absolute atomic E-state index is 10.2. The predicted molar refractivity (Wildman–Crippen MR) is 73.8 cm³/mol. The van der Waals surface area contributed by atoms with Gasteiger partial charge in [-0.1, -0.05) is 44.7 Å². The van der Waals surface area contributed by atoms with Gasteiger partial charge in [-0.3, -0.25) is 0 Å². The Morgan fingerprint density at radius 2 is 1.89 bits per heavy atom. The minimum absolute atomic E-state index is 0.312. The zero-order chi connectivity index (χ0) is 12.8. The van der Waals surface area contributed by atoms with Crippen molar-refractivity contribution in [3.05, 3.63) is 29.8 Å². The second-order valence-electron chi connectivity index (χ2n) is 5.32. The highest BCUT2D eigenvalue weighted by Gasteiger charge is 2.19. The van der Waals surface area contributed by atoms with Crippen LogP contribution in [0.1, 0.15) is 57.1 Å². The van der Waals surface area contributed by atoms with Crippen LogP contribution in [0.5, 0.6) is 5.75 Å². The fourth-order valence-corrected chi connectivity index (χ4v) is 2.70. The molecule has 2 heteroatoms. The van der Waals surface area contributed by atoms with Gasteiger partial charge in [0.1, 0.15) is 5.75 Å². The number of ether oxygens (including phenoxy) is 1. The average molecular weight is 248 g/mol. The van der Waals surface area contributed by atoms with Crippen molar-refractivity contribution in [1.29, 1.82) is 0 Å². The first-order valence-electron chi connectivity index (χ1n) is 7.20. The third-order valence-electron chi connectivity index (χ3n) is 3.77. The molecule has 1 atom stereocenters. The normalized spacial score (nSPS) is 17.9. The van der Waals surface area contributed by atoms with E-state index in [0.29, 0.717) is 0 Å². The van der Waals surface area contributed by atoms with Gasteiger partial charge in [0.25, 0.3) is 0 Å². The van der Waals surface area contributed by atoms with Gasteiger partial charge in [0, 0.05) is 0 Å². The molecule has 1 N–H and O–H groups in total.